The molecule has 1 fully saturated rings. The summed E-state index contributed by atoms with van der Waals surface area (Å²) in [5.74, 6) is -0.294. The average Bonchev–Trinajstić information content (AvgIpc) is 2.69. The number of piperidine rings is 1. The molecule has 6 heteroatoms. The van der Waals surface area contributed by atoms with Crippen molar-refractivity contribution < 1.29 is 13.2 Å². The number of hydrogen-bond donors (Lipinski definition) is 0. The molecule has 2 aromatic rings. The maximum Gasteiger partial charge on any atom is 0.243 e. The molecule has 0 aromatic heterocycles. The third-order valence-corrected chi connectivity index (χ3v) is 6.63. The van der Waals surface area contributed by atoms with Gasteiger partial charge in [-0.05, 0) is 30.5 Å². The van der Waals surface area contributed by atoms with Gasteiger partial charge in [-0.15, -0.1) is 0 Å². The summed E-state index contributed by atoms with van der Waals surface area (Å²) in [7, 11) is -1.77. The molecule has 0 spiro atoms. The van der Waals surface area contributed by atoms with Gasteiger partial charge in [-0.25, -0.2) is 8.42 Å². The third kappa shape index (κ3) is 4.14. The first-order valence-electron chi connectivity index (χ1n) is 8.82. The van der Waals surface area contributed by atoms with Gasteiger partial charge in [0.1, 0.15) is 0 Å². The molecule has 3 rings (SSSR count). The highest BCUT2D eigenvalue weighted by Gasteiger charge is 2.34. The van der Waals surface area contributed by atoms with Gasteiger partial charge < -0.3 is 4.90 Å². The first kappa shape index (κ1) is 18.6. The molecule has 0 aliphatic carbocycles. The first-order chi connectivity index (χ1) is 12.5. The normalized spacial score (nSPS) is 18.4. The van der Waals surface area contributed by atoms with E-state index in [2.05, 4.69) is 0 Å². The van der Waals surface area contributed by atoms with Crippen molar-refractivity contribution in [3.8, 4) is 0 Å². The molecule has 138 valence electrons. The average molecular weight is 372 g/mol. The third-order valence-electron chi connectivity index (χ3n) is 4.75. The van der Waals surface area contributed by atoms with Crippen LogP contribution >= 0.6 is 0 Å². The summed E-state index contributed by atoms with van der Waals surface area (Å²) in [6.07, 6.45) is 1.42. The lowest BCUT2D eigenvalue weighted by molar-refractivity contribution is -0.135. The topological polar surface area (TPSA) is 57.7 Å². The molecule has 1 saturated heterocycles. The molecular weight excluding hydrogens is 348 g/mol. The van der Waals surface area contributed by atoms with E-state index in [1.54, 1.807) is 42.3 Å². The fourth-order valence-corrected chi connectivity index (χ4v) is 4.90. The van der Waals surface area contributed by atoms with Crippen molar-refractivity contribution in [1.29, 1.82) is 0 Å². The van der Waals surface area contributed by atoms with Crippen LogP contribution in [0.15, 0.2) is 65.6 Å². The zero-order valence-electron chi connectivity index (χ0n) is 14.9. The van der Waals surface area contributed by atoms with E-state index in [1.807, 2.05) is 30.3 Å². The van der Waals surface area contributed by atoms with Crippen LogP contribution in [0.5, 0.6) is 0 Å². The van der Waals surface area contributed by atoms with E-state index in [9.17, 15) is 13.2 Å². The minimum atomic E-state index is -3.55. The molecule has 1 atom stereocenters. The summed E-state index contributed by atoms with van der Waals surface area (Å²) in [5.41, 5.74) is 1.06. The standard InChI is InChI=1S/C20H24N2O3S/c1-21(15-17-9-4-2-5-10-17)20(23)18-11-8-14-22(16-18)26(24,25)19-12-6-3-7-13-19/h2-7,9-10,12-13,18H,8,11,14-16H2,1H3/t18-/m0/s1. The molecule has 0 radical (unpaired) electrons. The number of sulfonamides is 1. The van der Waals surface area contributed by atoms with Crippen LogP contribution in [0.2, 0.25) is 0 Å². The number of carbonyl (C=O) groups is 1. The van der Waals surface area contributed by atoms with E-state index in [-0.39, 0.29) is 23.3 Å². The van der Waals surface area contributed by atoms with Crippen LogP contribution in [0.4, 0.5) is 0 Å². The monoisotopic (exact) mass is 372 g/mol. The van der Waals surface area contributed by atoms with Crippen LogP contribution in [0.25, 0.3) is 0 Å². The van der Waals surface area contributed by atoms with Crippen LogP contribution in [0.1, 0.15) is 18.4 Å². The lowest BCUT2D eigenvalue weighted by atomic mass is 9.98. The Morgan fingerprint density at radius 3 is 2.35 bits per heavy atom. The minimum Gasteiger partial charge on any atom is -0.341 e. The van der Waals surface area contributed by atoms with Crippen LogP contribution in [0.3, 0.4) is 0 Å². The molecule has 2 aromatic carbocycles. The molecule has 1 aliphatic heterocycles. The fraction of sp³-hybridized carbons (Fsp3) is 0.350. The molecule has 1 amide bonds. The van der Waals surface area contributed by atoms with E-state index in [4.69, 9.17) is 0 Å². The van der Waals surface area contributed by atoms with Gasteiger partial charge in [0.2, 0.25) is 15.9 Å². The number of carbonyl (C=O) groups excluding carboxylic acids is 1. The second-order valence-electron chi connectivity index (χ2n) is 6.70. The molecule has 5 nitrogen and oxygen atoms in total. The van der Waals surface area contributed by atoms with E-state index in [0.717, 1.165) is 12.0 Å². The van der Waals surface area contributed by atoms with Gasteiger partial charge in [0.05, 0.1) is 10.8 Å². The molecular formula is C20H24N2O3S. The lowest BCUT2D eigenvalue weighted by Crippen LogP contribution is -2.45. The molecule has 0 unspecified atom stereocenters. The predicted octanol–water partition coefficient (Wildman–Crippen LogP) is 2.75. The molecule has 0 N–H and O–H groups in total. The Morgan fingerprint density at radius 2 is 1.69 bits per heavy atom. The van der Waals surface area contributed by atoms with Crippen LogP contribution < -0.4 is 0 Å². The molecule has 26 heavy (non-hydrogen) atoms. The van der Waals surface area contributed by atoms with E-state index in [0.29, 0.717) is 19.5 Å². The largest absolute Gasteiger partial charge is 0.341 e. The van der Waals surface area contributed by atoms with E-state index >= 15 is 0 Å². The number of nitrogens with zero attached hydrogens (tertiary/aromatic N) is 2. The van der Waals surface area contributed by atoms with Gasteiger partial charge in [-0.2, -0.15) is 4.31 Å². The Hall–Kier alpha value is -2.18. The maximum absolute atomic E-state index is 12.8. The first-order valence-corrected chi connectivity index (χ1v) is 10.3. The Morgan fingerprint density at radius 1 is 1.08 bits per heavy atom. The second-order valence-corrected chi connectivity index (χ2v) is 8.63. The van der Waals surface area contributed by atoms with Crippen molar-refractivity contribution in [2.75, 3.05) is 20.1 Å². The molecule has 1 heterocycles. The molecule has 1 aliphatic rings. The summed E-state index contributed by atoms with van der Waals surface area (Å²) < 4.78 is 27.1. The zero-order valence-corrected chi connectivity index (χ0v) is 15.7. The SMILES string of the molecule is CN(Cc1ccccc1)C(=O)[C@H]1CCCN(S(=O)(=O)c2ccccc2)C1. The van der Waals surface area contributed by atoms with Crippen LogP contribution in [-0.2, 0) is 21.4 Å². The summed E-state index contributed by atoms with van der Waals surface area (Å²) in [5, 5.41) is 0. The lowest BCUT2D eigenvalue weighted by Gasteiger charge is -2.33. The van der Waals surface area contributed by atoms with Crippen LogP contribution in [0, 0.1) is 5.92 Å². The van der Waals surface area contributed by atoms with Gasteiger partial charge in [-0.1, -0.05) is 48.5 Å². The van der Waals surface area contributed by atoms with Gasteiger partial charge in [0.25, 0.3) is 0 Å². The Labute approximate surface area is 155 Å². The van der Waals surface area contributed by atoms with Crippen LogP contribution in [-0.4, -0.2) is 43.7 Å². The second kappa shape index (κ2) is 8.01. The quantitative estimate of drug-likeness (QED) is 0.811. The van der Waals surface area contributed by atoms with Crippen molar-refractivity contribution in [2.45, 2.75) is 24.3 Å². The number of hydrogen-bond acceptors (Lipinski definition) is 3. The maximum atomic E-state index is 12.8. The summed E-state index contributed by atoms with van der Waals surface area (Å²) >= 11 is 0. The number of amides is 1. The minimum absolute atomic E-state index is 0.00168. The fourth-order valence-electron chi connectivity index (χ4n) is 3.35. The Bertz CT molecular complexity index is 838. The molecule has 0 saturated carbocycles. The van der Waals surface area contributed by atoms with Crippen molar-refractivity contribution in [3.63, 3.8) is 0 Å². The van der Waals surface area contributed by atoms with Crippen molar-refractivity contribution >= 4 is 15.9 Å². The highest BCUT2D eigenvalue weighted by Crippen LogP contribution is 2.25. The van der Waals surface area contributed by atoms with Gasteiger partial charge in [0, 0.05) is 26.7 Å². The Balaban J connectivity index is 1.69. The zero-order chi connectivity index (χ0) is 18.6. The Kier molecular flexibility index (Phi) is 5.74. The smallest absolute Gasteiger partial charge is 0.243 e. The van der Waals surface area contributed by atoms with Gasteiger partial charge in [0.15, 0.2) is 0 Å². The summed E-state index contributed by atoms with van der Waals surface area (Å²) in [4.78, 5) is 14.8. The molecule has 0 bridgehead atoms. The summed E-state index contributed by atoms with van der Waals surface area (Å²) in [6.45, 7) is 1.24. The van der Waals surface area contributed by atoms with Gasteiger partial charge >= 0.3 is 0 Å². The van der Waals surface area contributed by atoms with Crippen molar-refractivity contribution in [2.24, 2.45) is 5.92 Å². The van der Waals surface area contributed by atoms with Crippen molar-refractivity contribution in [3.05, 3.63) is 66.2 Å². The van der Waals surface area contributed by atoms with Crippen molar-refractivity contribution in [1.82, 2.24) is 9.21 Å². The van der Waals surface area contributed by atoms with E-state index in [1.165, 1.54) is 4.31 Å². The number of rotatable bonds is 5. The van der Waals surface area contributed by atoms with Gasteiger partial charge in [-0.3, -0.25) is 4.79 Å². The van der Waals surface area contributed by atoms with E-state index < -0.39 is 10.0 Å². The highest BCUT2D eigenvalue weighted by atomic mass is 32.2. The number of benzene rings is 2. The highest BCUT2D eigenvalue weighted by molar-refractivity contribution is 7.89. The summed E-state index contributed by atoms with van der Waals surface area (Å²) in [6, 6.07) is 18.2. The predicted molar refractivity (Wildman–Crippen MR) is 101 cm³/mol.